The van der Waals surface area contributed by atoms with Crippen molar-refractivity contribution in [1.82, 2.24) is 19.3 Å². The van der Waals surface area contributed by atoms with E-state index in [9.17, 15) is 21.6 Å². The summed E-state index contributed by atoms with van der Waals surface area (Å²) in [7, 11) is -5.60. The average molecular weight is 407 g/mol. The molecule has 26 heavy (non-hydrogen) atoms. The van der Waals surface area contributed by atoms with Gasteiger partial charge in [-0.1, -0.05) is 6.92 Å². The standard InChI is InChI=1S/C15H26N4O5S2/c1-11-4-6-12(7-5-11)18-15(20)10-19-8-13(25(21,22)16-2)14(9-19)26(23,24)17-3/h8-9,11-12,16-17H,4-7,10H2,1-3H3,(H,18,20). The molecular formula is C15H26N4O5S2. The summed E-state index contributed by atoms with van der Waals surface area (Å²) < 4.78 is 53.9. The Balaban J connectivity index is 2.20. The Morgan fingerprint density at radius 1 is 1.00 bits per heavy atom. The van der Waals surface area contributed by atoms with Crippen LogP contribution in [0.3, 0.4) is 0 Å². The Kier molecular flexibility index (Phi) is 6.48. The fourth-order valence-corrected chi connectivity index (χ4v) is 5.31. The summed E-state index contributed by atoms with van der Waals surface area (Å²) in [5.74, 6) is 0.387. The molecule has 1 aliphatic carbocycles. The summed E-state index contributed by atoms with van der Waals surface area (Å²) in [6, 6.07) is 0.107. The molecule has 0 atom stereocenters. The highest BCUT2D eigenvalue weighted by Crippen LogP contribution is 2.24. The van der Waals surface area contributed by atoms with Gasteiger partial charge < -0.3 is 9.88 Å². The van der Waals surface area contributed by atoms with Gasteiger partial charge >= 0.3 is 0 Å². The number of carbonyl (C=O) groups excluding carboxylic acids is 1. The van der Waals surface area contributed by atoms with E-state index >= 15 is 0 Å². The molecule has 1 fully saturated rings. The van der Waals surface area contributed by atoms with Crippen LogP contribution >= 0.6 is 0 Å². The zero-order valence-corrected chi connectivity index (χ0v) is 16.8. The van der Waals surface area contributed by atoms with Crippen LogP contribution in [-0.4, -0.2) is 47.4 Å². The van der Waals surface area contributed by atoms with Crippen molar-refractivity contribution in [3.8, 4) is 0 Å². The van der Waals surface area contributed by atoms with Gasteiger partial charge in [-0.15, -0.1) is 0 Å². The minimum atomic E-state index is -3.99. The molecule has 0 unspecified atom stereocenters. The van der Waals surface area contributed by atoms with Crippen molar-refractivity contribution in [2.24, 2.45) is 5.92 Å². The molecule has 1 heterocycles. The predicted octanol–water partition coefficient (Wildman–Crippen LogP) is -0.000800. The van der Waals surface area contributed by atoms with Gasteiger partial charge in [0.2, 0.25) is 26.0 Å². The number of hydrogen-bond acceptors (Lipinski definition) is 5. The molecule has 148 valence electrons. The fraction of sp³-hybridized carbons (Fsp3) is 0.667. The number of amides is 1. The molecule has 0 radical (unpaired) electrons. The SMILES string of the molecule is CNS(=O)(=O)c1cn(CC(=O)NC2CCC(C)CC2)cc1S(=O)(=O)NC. The van der Waals surface area contributed by atoms with E-state index in [1.54, 1.807) is 0 Å². The van der Waals surface area contributed by atoms with E-state index in [0.717, 1.165) is 38.1 Å². The summed E-state index contributed by atoms with van der Waals surface area (Å²) in [5, 5.41) is 2.93. The maximum absolute atomic E-state index is 12.3. The maximum Gasteiger partial charge on any atom is 0.243 e. The molecular weight excluding hydrogens is 380 g/mol. The van der Waals surface area contributed by atoms with Crippen molar-refractivity contribution in [2.75, 3.05) is 14.1 Å². The lowest BCUT2D eigenvalue weighted by molar-refractivity contribution is -0.122. The average Bonchev–Trinajstić information content (AvgIpc) is 3.02. The van der Waals surface area contributed by atoms with Crippen LogP contribution in [0.4, 0.5) is 0 Å². The first-order valence-corrected chi connectivity index (χ1v) is 11.4. The van der Waals surface area contributed by atoms with Gasteiger partial charge in [0.25, 0.3) is 0 Å². The fourth-order valence-electron chi connectivity index (χ4n) is 3.02. The van der Waals surface area contributed by atoms with Crippen molar-refractivity contribution >= 4 is 26.0 Å². The quantitative estimate of drug-likeness (QED) is 0.587. The van der Waals surface area contributed by atoms with E-state index in [2.05, 4.69) is 21.7 Å². The topological polar surface area (TPSA) is 126 Å². The van der Waals surface area contributed by atoms with E-state index in [1.165, 1.54) is 18.7 Å². The molecule has 0 saturated heterocycles. The molecule has 3 N–H and O–H groups in total. The first kappa shape index (κ1) is 20.9. The minimum Gasteiger partial charge on any atom is -0.352 e. The molecule has 1 aromatic rings. The highest BCUT2D eigenvalue weighted by Gasteiger charge is 2.28. The summed E-state index contributed by atoms with van der Waals surface area (Å²) in [4.78, 5) is 11.5. The Hall–Kier alpha value is -1.43. The van der Waals surface area contributed by atoms with Crippen molar-refractivity contribution in [2.45, 2.75) is 55.0 Å². The molecule has 1 amide bonds. The van der Waals surface area contributed by atoms with E-state index in [0.29, 0.717) is 5.92 Å². The third-order valence-corrected chi connectivity index (χ3v) is 7.65. The van der Waals surface area contributed by atoms with Crippen LogP contribution in [-0.2, 0) is 31.4 Å². The molecule has 0 aromatic carbocycles. The lowest BCUT2D eigenvalue weighted by atomic mass is 9.87. The Labute approximate surface area is 154 Å². The summed E-state index contributed by atoms with van der Waals surface area (Å²) >= 11 is 0. The first-order chi connectivity index (χ1) is 12.1. The molecule has 0 spiro atoms. The molecule has 0 bridgehead atoms. The zero-order valence-electron chi connectivity index (χ0n) is 15.1. The summed E-state index contributed by atoms with van der Waals surface area (Å²) in [6.45, 7) is 2.03. The van der Waals surface area contributed by atoms with Crippen molar-refractivity contribution < 1.29 is 21.6 Å². The number of aromatic nitrogens is 1. The first-order valence-electron chi connectivity index (χ1n) is 8.45. The van der Waals surface area contributed by atoms with Gasteiger partial charge in [0.1, 0.15) is 16.3 Å². The number of rotatable bonds is 7. The van der Waals surface area contributed by atoms with E-state index in [4.69, 9.17) is 0 Å². The Bertz CT molecular complexity index is 801. The molecule has 1 saturated carbocycles. The second-order valence-electron chi connectivity index (χ2n) is 6.60. The minimum absolute atomic E-state index is 0.107. The molecule has 1 aliphatic rings. The second kappa shape index (κ2) is 8.07. The van der Waals surface area contributed by atoms with Crippen LogP contribution in [0.5, 0.6) is 0 Å². The van der Waals surface area contributed by atoms with Gasteiger partial charge in [-0.25, -0.2) is 26.3 Å². The van der Waals surface area contributed by atoms with Crippen LogP contribution in [0, 0.1) is 5.92 Å². The highest BCUT2D eigenvalue weighted by atomic mass is 32.2. The molecule has 0 aliphatic heterocycles. The van der Waals surface area contributed by atoms with Gasteiger partial charge in [-0.2, -0.15) is 0 Å². The van der Waals surface area contributed by atoms with Crippen LogP contribution in [0.1, 0.15) is 32.6 Å². The highest BCUT2D eigenvalue weighted by molar-refractivity contribution is 7.92. The Morgan fingerprint density at radius 3 is 1.88 bits per heavy atom. The van der Waals surface area contributed by atoms with Gasteiger partial charge in [0, 0.05) is 18.4 Å². The van der Waals surface area contributed by atoms with Gasteiger partial charge in [-0.3, -0.25) is 4.79 Å². The molecule has 9 nitrogen and oxygen atoms in total. The molecule has 1 aromatic heterocycles. The zero-order chi connectivity index (χ0) is 19.5. The molecule has 2 rings (SSSR count). The van der Waals surface area contributed by atoms with Gasteiger partial charge in [0.05, 0.1) is 0 Å². The van der Waals surface area contributed by atoms with E-state index < -0.39 is 29.8 Å². The number of nitrogens with zero attached hydrogens (tertiary/aromatic N) is 1. The Morgan fingerprint density at radius 2 is 1.46 bits per heavy atom. The van der Waals surface area contributed by atoms with Crippen LogP contribution < -0.4 is 14.8 Å². The number of sulfonamides is 2. The van der Waals surface area contributed by atoms with Crippen molar-refractivity contribution in [3.63, 3.8) is 0 Å². The van der Waals surface area contributed by atoms with Crippen LogP contribution in [0.2, 0.25) is 0 Å². The van der Waals surface area contributed by atoms with Crippen molar-refractivity contribution in [1.29, 1.82) is 0 Å². The normalized spacial score (nSPS) is 21.5. The lowest BCUT2D eigenvalue weighted by Crippen LogP contribution is -2.39. The lowest BCUT2D eigenvalue weighted by Gasteiger charge is -2.26. The van der Waals surface area contributed by atoms with Gasteiger partial charge in [0.15, 0.2) is 0 Å². The predicted molar refractivity (Wildman–Crippen MR) is 96.5 cm³/mol. The van der Waals surface area contributed by atoms with Crippen molar-refractivity contribution in [3.05, 3.63) is 12.4 Å². The van der Waals surface area contributed by atoms with E-state index in [1.807, 2.05) is 0 Å². The second-order valence-corrected chi connectivity index (χ2v) is 10.3. The number of carbonyl (C=O) groups is 1. The summed E-state index contributed by atoms with van der Waals surface area (Å²) in [6.07, 6.45) is 6.25. The van der Waals surface area contributed by atoms with E-state index in [-0.39, 0.29) is 18.5 Å². The smallest absolute Gasteiger partial charge is 0.243 e. The largest absolute Gasteiger partial charge is 0.352 e. The number of nitrogens with one attached hydrogen (secondary N) is 3. The third-order valence-electron chi connectivity index (χ3n) is 4.63. The van der Waals surface area contributed by atoms with Gasteiger partial charge in [-0.05, 0) is 45.7 Å². The summed E-state index contributed by atoms with van der Waals surface area (Å²) in [5.41, 5.74) is 0. The third kappa shape index (κ3) is 4.84. The maximum atomic E-state index is 12.3. The molecule has 11 heteroatoms. The van der Waals surface area contributed by atoms with Crippen LogP contribution in [0.25, 0.3) is 0 Å². The van der Waals surface area contributed by atoms with Crippen LogP contribution in [0.15, 0.2) is 22.2 Å². The number of hydrogen-bond donors (Lipinski definition) is 3. The monoisotopic (exact) mass is 406 g/mol.